The molecular weight excluding hydrogens is 192 g/mol. The maximum absolute atomic E-state index is 5.30. The zero-order chi connectivity index (χ0) is 10.3. The highest BCUT2D eigenvalue weighted by Gasteiger charge is 2.07. The Balaban J connectivity index is 2.91. The van der Waals surface area contributed by atoms with Gasteiger partial charge in [0, 0.05) is 6.04 Å². The quantitative estimate of drug-likeness (QED) is 0.707. The molecule has 14 heavy (non-hydrogen) atoms. The van der Waals surface area contributed by atoms with Gasteiger partial charge in [-0.05, 0) is 44.6 Å². The fourth-order valence-electron chi connectivity index (χ4n) is 1.80. The summed E-state index contributed by atoms with van der Waals surface area (Å²) in [7, 11) is 0. The van der Waals surface area contributed by atoms with Crippen LogP contribution < -0.4 is 0 Å². The molecular formula is C11H14N2S. The van der Waals surface area contributed by atoms with Gasteiger partial charge in [0.05, 0.1) is 11.0 Å². The van der Waals surface area contributed by atoms with E-state index in [1.54, 1.807) is 0 Å². The summed E-state index contributed by atoms with van der Waals surface area (Å²) in [6.07, 6.45) is 0. The van der Waals surface area contributed by atoms with E-state index in [9.17, 15) is 0 Å². The van der Waals surface area contributed by atoms with E-state index in [-0.39, 0.29) is 0 Å². The topological polar surface area (TPSA) is 20.7 Å². The molecule has 0 aliphatic rings. The molecule has 0 radical (unpaired) electrons. The second-order valence-corrected chi connectivity index (χ2v) is 4.25. The summed E-state index contributed by atoms with van der Waals surface area (Å²) in [5.41, 5.74) is 3.60. The van der Waals surface area contributed by atoms with E-state index in [1.165, 1.54) is 11.1 Å². The number of H-pyrrole nitrogens is 1. The van der Waals surface area contributed by atoms with Crippen molar-refractivity contribution >= 4 is 23.3 Å². The van der Waals surface area contributed by atoms with Crippen molar-refractivity contribution in [2.75, 3.05) is 0 Å². The van der Waals surface area contributed by atoms with Gasteiger partial charge in [-0.25, -0.2) is 0 Å². The molecule has 1 N–H and O–H groups in total. The van der Waals surface area contributed by atoms with Crippen molar-refractivity contribution in [3.8, 4) is 0 Å². The van der Waals surface area contributed by atoms with E-state index < -0.39 is 0 Å². The van der Waals surface area contributed by atoms with Crippen molar-refractivity contribution in [3.05, 3.63) is 28.5 Å². The van der Waals surface area contributed by atoms with Gasteiger partial charge in [0.2, 0.25) is 0 Å². The molecule has 0 saturated carbocycles. The molecule has 0 fully saturated rings. The molecule has 0 amide bonds. The van der Waals surface area contributed by atoms with Crippen molar-refractivity contribution < 1.29 is 0 Å². The van der Waals surface area contributed by atoms with Gasteiger partial charge < -0.3 is 9.55 Å². The second kappa shape index (κ2) is 3.24. The first-order valence-corrected chi connectivity index (χ1v) is 5.22. The van der Waals surface area contributed by atoms with Crippen molar-refractivity contribution in [3.63, 3.8) is 0 Å². The number of nitrogens with one attached hydrogen (secondary N) is 1. The third kappa shape index (κ3) is 1.28. The van der Waals surface area contributed by atoms with Crippen LogP contribution in [0.4, 0.5) is 0 Å². The lowest BCUT2D eigenvalue weighted by Crippen LogP contribution is -1.99. The first-order valence-electron chi connectivity index (χ1n) is 4.81. The minimum absolute atomic E-state index is 0.401. The molecule has 0 atom stereocenters. The number of aromatic amines is 1. The number of para-hydroxylation sites is 1. The summed E-state index contributed by atoms with van der Waals surface area (Å²) in [6.45, 7) is 6.38. The average molecular weight is 206 g/mol. The van der Waals surface area contributed by atoms with Gasteiger partial charge in [0.15, 0.2) is 4.77 Å². The van der Waals surface area contributed by atoms with E-state index in [0.29, 0.717) is 6.04 Å². The largest absolute Gasteiger partial charge is 0.330 e. The normalized spacial score (nSPS) is 11.4. The number of rotatable bonds is 1. The number of aryl methyl sites for hydroxylation is 1. The lowest BCUT2D eigenvalue weighted by molar-refractivity contribution is 0.610. The van der Waals surface area contributed by atoms with E-state index in [0.717, 1.165) is 10.3 Å². The maximum atomic E-state index is 5.30. The molecule has 0 saturated heterocycles. The molecule has 1 aromatic carbocycles. The summed E-state index contributed by atoms with van der Waals surface area (Å²) in [5.74, 6) is 0. The fraction of sp³-hybridized carbons (Fsp3) is 0.364. The first kappa shape index (κ1) is 9.46. The Kier molecular flexibility index (Phi) is 2.19. The van der Waals surface area contributed by atoms with E-state index >= 15 is 0 Å². The van der Waals surface area contributed by atoms with Gasteiger partial charge >= 0.3 is 0 Å². The van der Waals surface area contributed by atoms with Crippen LogP contribution in [0.25, 0.3) is 11.0 Å². The molecule has 0 aliphatic heterocycles. The SMILES string of the molecule is Cc1cccc2c1[nH]c(=S)n2C(C)C. The summed E-state index contributed by atoms with van der Waals surface area (Å²) in [6, 6.07) is 6.67. The van der Waals surface area contributed by atoms with Crippen LogP contribution in [0.2, 0.25) is 0 Å². The number of benzene rings is 1. The zero-order valence-electron chi connectivity index (χ0n) is 8.66. The lowest BCUT2D eigenvalue weighted by atomic mass is 10.2. The maximum Gasteiger partial charge on any atom is 0.178 e. The number of hydrogen-bond donors (Lipinski definition) is 1. The van der Waals surface area contributed by atoms with Crippen molar-refractivity contribution in [1.82, 2.24) is 9.55 Å². The smallest absolute Gasteiger partial charge is 0.178 e. The molecule has 0 aliphatic carbocycles. The van der Waals surface area contributed by atoms with E-state index in [1.807, 2.05) is 0 Å². The van der Waals surface area contributed by atoms with Crippen LogP contribution in [-0.4, -0.2) is 9.55 Å². The highest BCUT2D eigenvalue weighted by Crippen LogP contribution is 2.21. The first-order chi connectivity index (χ1) is 6.61. The third-order valence-electron chi connectivity index (χ3n) is 2.48. The summed E-state index contributed by atoms with van der Waals surface area (Å²) >= 11 is 5.30. The van der Waals surface area contributed by atoms with E-state index in [4.69, 9.17) is 12.2 Å². The molecule has 2 nitrogen and oxygen atoms in total. The van der Waals surface area contributed by atoms with Gasteiger partial charge in [0.25, 0.3) is 0 Å². The Morgan fingerprint density at radius 2 is 2.07 bits per heavy atom. The summed E-state index contributed by atoms with van der Waals surface area (Å²) < 4.78 is 2.96. The van der Waals surface area contributed by atoms with Crippen LogP contribution in [-0.2, 0) is 0 Å². The zero-order valence-corrected chi connectivity index (χ0v) is 9.48. The minimum Gasteiger partial charge on any atom is -0.330 e. The van der Waals surface area contributed by atoms with Gasteiger partial charge in [-0.2, -0.15) is 0 Å². The average Bonchev–Trinajstić information content (AvgIpc) is 2.42. The molecule has 2 aromatic rings. The Morgan fingerprint density at radius 1 is 1.36 bits per heavy atom. The fourth-order valence-corrected chi connectivity index (χ4v) is 2.22. The third-order valence-corrected chi connectivity index (χ3v) is 2.78. The van der Waals surface area contributed by atoms with Gasteiger partial charge in [-0.15, -0.1) is 0 Å². The van der Waals surface area contributed by atoms with Crippen LogP contribution in [0.15, 0.2) is 18.2 Å². The number of hydrogen-bond acceptors (Lipinski definition) is 1. The number of aromatic nitrogens is 2. The van der Waals surface area contributed by atoms with Gasteiger partial charge in [0.1, 0.15) is 0 Å². The molecule has 2 rings (SSSR count). The Morgan fingerprint density at radius 3 is 2.71 bits per heavy atom. The lowest BCUT2D eigenvalue weighted by Gasteiger charge is -2.07. The molecule has 1 aromatic heterocycles. The predicted octanol–water partition coefficient (Wildman–Crippen LogP) is 3.59. The molecule has 0 unspecified atom stereocenters. The van der Waals surface area contributed by atoms with Crippen LogP contribution in [0.5, 0.6) is 0 Å². The van der Waals surface area contributed by atoms with E-state index in [2.05, 4.69) is 48.5 Å². The summed E-state index contributed by atoms with van der Waals surface area (Å²) in [5, 5.41) is 0. The standard InChI is InChI=1S/C11H14N2S/c1-7(2)13-9-6-4-5-8(3)10(9)12-11(13)14/h4-7H,1-3H3,(H,12,14). The number of fused-ring (bicyclic) bond motifs is 1. The van der Waals surface area contributed by atoms with Crippen LogP contribution in [0.1, 0.15) is 25.5 Å². The number of imidazole rings is 1. The van der Waals surface area contributed by atoms with Crippen molar-refractivity contribution in [1.29, 1.82) is 0 Å². The van der Waals surface area contributed by atoms with Crippen LogP contribution in [0, 0.1) is 11.7 Å². The molecule has 0 spiro atoms. The Hall–Kier alpha value is -1.09. The molecule has 74 valence electrons. The number of nitrogens with zero attached hydrogens (tertiary/aromatic N) is 1. The molecule has 1 heterocycles. The second-order valence-electron chi connectivity index (χ2n) is 3.86. The van der Waals surface area contributed by atoms with Crippen molar-refractivity contribution in [2.45, 2.75) is 26.8 Å². The minimum atomic E-state index is 0.401. The van der Waals surface area contributed by atoms with Gasteiger partial charge in [-0.3, -0.25) is 0 Å². The van der Waals surface area contributed by atoms with Crippen LogP contribution >= 0.6 is 12.2 Å². The Labute approximate surface area is 88.6 Å². The summed E-state index contributed by atoms with van der Waals surface area (Å²) in [4.78, 5) is 3.25. The molecule has 3 heteroatoms. The Bertz CT molecular complexity index is 520. The van der Waals surface area contributed by atoms with Crippen molar-refractivity contribution in [2.24, 2.45) is 0 Å². The highest BCUT2D eigenvalue weighted by molar-refractivity contribution is 7.71. The van der Waals surface area contributed by atoms with Crippen LogP contribution in [0.3, 0.4) is 0 Å². The monoisotopic (exact) mass is 206 g/mol. The molecule has 0 bridgehead atoms. The predicted molar refractivity (Wildman–Crippen MR) is 62.2 cm³/mol. The highest BCUT2D eigenvalue weighted by atomic mass is 32.1. The van der Waals surface area contributed by atoms with Gasteiger partial charge in [-0.1, -0.05) is 12.1 Å².